The van der Waals surface area contributed by atoms with Gasteiger partial charge in [0.05, 0.1) is 11.1 Å². The van der Waals surface area contributed by atoms with Crippen LogP contribution in [-0.4, -0.2) is 35.8 Å². The number of aromatic nitrogens is 1. The molecule has 6 heteroatoms. The molecule has 20 heavy (non-hydrogen) atoms. The molecule has 1 amide bonds. The van der Waals surface area contributed by atoms with Crippen molar-refractivity contribution in [3.05, 3.63) is 23.4 Å². The minimum atomic E-state index is -0.472. The van der Waals surface area contributed by atoms with Crippen molar-refractivity contribution in [2.45, 2.75) is 38.8 Å². The minimum Gasteiger partial charge on any atom is -0.444 e. The van der Waals surface area contributed by atoms with E-state index in [1.54, 1.807) is 6.20 Å². The van der Waals surface area contributed by atoms with Crippen LogP contribution in [-0.2, 0) is 4.74 Å². The Hall–Kier alpha value is -1.49. The highest BCUT2D eigenvalue weighted by Crippen LogP contribution is 2.19. The maximum atomic E-state index is 11.7. The number of amides is 1. The second-order valence-corrected chi connectivity index (χ2v) is 6.35. The van der Waals surface area contributed by atoms with Gasteiger partial charge < -0.3 is 15.0 Å². The van der Waals surface area contributed by atoms with Gasteiger partial charge in [-0.1, -0.05) is 11.6 Å². The lowest BCUT2D eigenvalue weighted by molar-refractivity contribution is 0.0509. The third-order valence-corrected chi connectivity index (χ3v) is 3.17. The Balaban J connectivity index is 1.86. The molecule has 0 aromatic carbocycles. The second kappa shape index (κ2) is 5.87. The van der Waals surface area contributed by atoms with E-state index in [-0.39, 0.29) is 12.1 Å². The van der Waals surface area contributed by atoms with Crippen molar-refractivity contribution in [2.24, 2.45) is 0 Å². The molecule has 1 N–H and O–H groups in total. The molecule has 2 heterocycles. The number of rotatable bonds is 2. The first kappa shape index (κ1) is 14.9. The predicted molar refractivity (Wildman–Crippen MR) is 79.2 cm³/mol. The van der Waals surface area contributed by atoms with Gasteiger partial charge in [0.2, 0.25) is 0 Å². The van der Waals surface area contributed by atoms with Gasteiger partial charge >= 0.3 is 6.09 Å². The average Bonchev–Trinajstić information content (AvgIpc) is 2.75. The highest BCUT2D eigenvalue weighted by atomic mass is 35.5. The fourth-order valence-corrected chi connectivity index (χ4v) is 2.23. The van der Waals surface area contributed by atoms with Gasteiger partial charge in [0.1, 0.15) is 11.4 Å². The first-order valence-electron chi connectivity index (χ1n) is 6.69. The molecular weight excluding hydrogens is 278 g/mol. The van der Waals surface area contributed by atoms with Crippen LogP contribution in [0.2, 0.25) is 5.02 Å². The average molecular weight is 298 g/mol. The van der Waals surface area contributed by atoms with E-state index in [0.717, 1.165) is 25.3 Å². The summed E-state index contributed by atoms with van der Waals surface area (Å²) in [6.45, 7) is 7.14. The molecule has 0 spiro atoms. The number of alkyl carbamates (subject to hydrolysis) is 1. The van der Waals surface area contributed by atoms with Gasteiger partial charge in [-0.15, -0.1) is 0 Å². The molecule has 0 aliphatic carbocycles. The highest BCUT2D eigenvalue weighted by molar-refractivity contribution is 6.30. The number of halogens is 1. The maximum Gasteiger partial charge on any atom is 0.407 e. The van der Waals surface area contributed by atoms with Gasteiger partial charge in [-0.2, -0.15) is 0 Å². The van der Waals surface area contributed by atoms with Crippen LogP contribution in [0.4, 0.5) is 10.6 Å². The smallest absolute Gasteiger partial charge is 0.407 e. The van der Waals surface area contributed by atoms with Crippen LogP contribution in [0, 0.1) is 0 Å². The zero-order valence-electron chi connectivity index (χ0n) is 12.0. The molecule has 1 atom stereocenters. The Kier molecular flexibility index (Phi) is 4.38. The third kappa shape index (κ3) is 4.27. The molecule has 1 fully saturated rings. The predicted octanol–water partition coefficient (Wildman–Crippen LogP) is 2.84. The summed E-state index contributed by atoms with van der Waals surface area (Å²) in [4.78, 5) is 18.1. The third-order valence-electron chi connectivity index (χ3n) is 2.94. The first-order chi connectivity index (χ1) is 9.33. The molecule has 1 saturated heterocycles. The van der Waals surface area contributed by atoms with Gasteiger partial charge in [0, 0.05) is 19.3 Å². The van der Waals surface area contributed by atoms with Gasteiger partial charge in [0.25, 0.3) is 0 Å². The minimum absolute atomic E-state index is 0.0855. The molecule has 1 aliphatic heterocycles. The number of carbonyl (C=O) groups is 1. The van der Waals surface area contributed by atoms with Gasteiger partial charge in [-0.05, 0) is 39.3 Å². The van der Waals surface area contributed by atoms with Crippen molar-refractivity contribution < 1.29 is 9.53 Å². The lowest BCUT2D eigenvalue weighted by atomic mass is 10.2. The molecule has 2 rings (SSSR count). The molecule has 0 bridgehead atoms. The number of ether oxygens (including phenoxy) is 1. The van der Waals surface area contributed by atoms with Crippen LogP contribution in [0.15, 0.2) is 18.3 Å². The molecule has 0 unspecified atom stereocenters. The van der Waals surface area contributed by atoms with E-state index < -0.39 is 5.60 Å². The van der Waals surface area contributed by atoms with Crippen LogP contribution in [0.1, 0.15) is 27.2 Å². The summed E-state index contributed by atoms with van der Waals surface area (Å²) in [6, 6.07) is 3.79. The van der Waals surface area contributed by atoms with Gasteiger partial charge in [-0.25, -0.2) is 9.78 Å². The standard InChI is InChI=1S/C14H20ClN3O2/c1-14(2,3)20-13(19)17-11-6-7-18(9-11)12-5-4-10(15)8-16-12/h4-5,8,11H,6-7,9H2,1-3H3,(H,17,19)/t11-/m0/s1. The van der Waals surface area contributed by atoms with E-state index in [2.05, 4.69) is 15.2 Å². The lowest BCUT2D eigenvalue weighted by Crippen LogP contribution is -2.40. The Bertz CT molecular complexity index is 470. The van der Waals surface area contributed by atoms with Crippen molar-refractivity contribution in [2.75, 3.05) is 18.0 Å². The molecule has 1 aliphatic rings. The number of anilines is 1. The zero-order valence-corrected chi connectivity index (χ0v) is 12.8. The number of hydrogen-bond acceptors (Lipinski definition) is 4. The normalized spacial score (nSPS) is 19.0. The van der Waals surface area contributed by atoms with E-state index in [1.807, 2.05) is 32.9 Å². The first-order valence-corrected chi connectivity index (χ1v) is 7.07. The summed E-state index contributed by atoms with van der Waals surface area (Å²) in [6.07, 6.45) is 2.14. The van der Waals surface area contributed by atoms with Crippen molar-refractivity contribution >= 4 is 23.5 Å². The Morgan fingerprint density at radius 2 is 2.25 bits per heavy atom. The van der Waals surface area contributed by atoms with Crippen LogP contribution < -0.4 is 10.2 Å². The molecule has 1 aromatic heterocycles. The number of pyridine rings is 1. The van der Waals surface area contributed by atoms with Crippen LogP contribution in [0.5, 0.6) is 0 Å². The molecular formula is C14H20ClN3O2. The molecule has 0 saturated carbocycles. The largest absolute Gasteiger partial charge is 0.444 e. The number of nitrogens with zero attached hydrogens (tertiary/aromatic N) is 2. The second-order valence-electron chi connectivity index (χ2n) is 5.91. The summed E-state index contributed by atoms with van der Waals surface area (Å²) in [7, 11) is 0. The van der Waals surface area contributed by atoms with Crippen LogP contribution in [0.3, 0.4) is 0 Å². The van der Waals surface area contributed by atoms with Gasteiger partial charge in [0.15, 0.2) is 0 Å². The summed E-state index contributed by atoms with van der Waals surface area (Å²) < 4.78 is 5.25. The Morgan fingerprint density at radius 1 is 1.50 bits per heavy atom. The topological polar surface area (TPSA) is 54.5 Å². The fraction of sp³-hybridized carbons (Fsp3) is 0.571. The summed E-state index contributed by atoms with van der Waals surface area (Å²) >= 11 is 5.82. The highest BCUT2D eigenvalue weighted by Gasteiger charge is 2.26. The maximum absolute atomic E-state index is 11.7. The summed E-state index contributed by atoms with van der Waals surface area (Å²) in [5.74, 6) is 0.878. The van der Waals surface area contributed by atoms with E-state index in [1.165, 1.54) is 0 Å². The Labute approximate surface area is 124 Å². The molecule has 0 radical (unpaired) electrons. The van der Waals surface area contributed by atoms with Crippen LogP contribution >= 0.6 is 11.6 Å². The van der Waals surface area contributed by atoms with Crippen molar-refractivity contribution in [1.82, 2.24) is 10.3 Å². The monoisotopic (exact) mass is 297 g/mol. The summed E-state index contributed by atoms with van der Waals surface area (Å²) in [5, 5.41) is 3.51. The van der Waals surface area contributed by atoms with Crippen molar-refractivity contribution in [1.29, 1.82) is 0 Å². The van der Waals surface area contributed by atoms with E-state index >= 15 is 0 Å². The van der Waals surface area contributed by atoms with E-state index in [4.69, 9.17) is 16.3 Å². The number of hydrogen-bond donors (Lipinski definition) is 1. The summed E-state index contributed by atoms with van der Waals surface area (Å²) in [5.41, 5.74) is -0.472. The van der Waals surface area contributed by atoms with E-state index in [0.29, 0.717) is 5.02 Å². The molecule has 110 valence electrons. The lowest BCUT2D eigenvalue weighted by Gasteiger charge is -2.22. The van der Waals surface area contributed by atoms with E-state index in [9.17, 15) is 4.79 Å². The quantitative estimate of drug-likeness (QED) is 0.912. The molecule has 5 nitrogen and oxygen atoms in total. The Morgan fingerprint density at radius 3 is 2.85 bits per heavy atom. The number of nitrogens with one attached hydrogen (secondary N) is 1. The van der Waals surface area contributed by atoms with Crippen molar-refractivity contribution in [3.63, 3.8) is 0 Å². The number of carbonyl (C=O) groups excluding carboxylic acids is 1. The van der Waals surface area contributed by atoms with Crippen molar-refractivity contribution in [3.8, 4) is 0 Å². The fourth-order valence-electron chi connectivity index (χ4n) is 2.12. The van der Waals surface area contributed by atoms with Crippen LogP contribution in [0.25, 0.3) is 0 Å². The van der Waals surface area contributed by atoms with Gasteiger partial charge in [-0.3, -0.25) is 0 Å². The SMILES string of the molecule is CC(C)(C)OC(=O)N[C@H]1CCN(c2ccc(Cl)cn2)C1. The molecule has 1 aromatic rings. The zero-order chi connectivity index (χ0) is 14.8.